The number of aryl methyl sites for hydroxylation is 2. The molecule has 5 heteroatoms. The van der Waals surface area contributed by atoms with E-state index in [9.17, 15) is 4.39 Å². The first kappa shape index (κ1) is 20.2. The summed E-state index contributed by atoms with van der Waals surface area (Å²) in [6.07, 6.45) is 0. The molecule has 0 aliphatic rings. The third-order valence-electron chi connectivity index (χ3n) is 4.62. The molecule has 0 heterocycles. The maximum absolute atomic E-state index is 13.8. The van der Waals surface area contributed by atoms with Gasteiger partial charge in [-0.3, -0.25) is 0 Å². The van der Waals surface area contributed by atoms with Gasteiger partial charge in [-0.15, -0.1) is 0 Å². The van der Waals surface area contributed by atoms with E-state index in [1.807, 2.05) is 12.1 Å². The second-order valence-corrected chi connectivity index (χ2v) is 7.50. The van der Waals surface area contributed by atoms with Crippen molar-refractivity contribution in [1.82, 2.24) is 0 Å². The zero-order valence-electron chi connectivity index (χ0n) is 16.2. The quantitative estimate of drug-likeness (QED) is 0.457. The molecule has 0 saturated heterocycles. The third-order valence-corrected chi connectivity index (χ3v) is 5.21. The molecule has 0 aliphatic heterocycles. The number of anilines is 1. The molecule has 146 valence electrons. The average Bonchev–Trinajstić information content (AvgIpc) is 2.68. The van der Waals surface area contributed by atoms with Crippen LogP contribution in [0.25, 0.3) is 0 Å². The highest BCUT2D eigenvalue weighted by atomic mass is 79.9. The van der Waals surface area contributed by atoms with Crippen LogP contribution in [0.5, 0.6) is 11.5 Å². The van der Waals surface area contributed by atoms with E-state index in [4.69, 9.17) is 9.47 Å². The molecule has 0 atom stereocenters. The fraction of sp³-hybridized carbons (Fsp3) is 0.217. The van der Waals surface area contributed by atoms with Gasteiger partial charge in [-0.1, -0.05) is 24.3 Å². The lowest BCUT2D eigenvalue weighted by molar-refractivity contribution is 0.277. The van der Waals surface area contributed by atoms with Crippen molar-refractivity contribution in [2.45, 2.75) is 27.0 Å². The van der Waals surface area contributed by atoms with Crippen molar-refractivity contribution in [2.75, 3.05) is 12.4 Å². The molecule has 0 radical (unpaired) electrons. The van der Waals surface area contributed by atoms with Crippen LogP contribution >= 0.6 is 15.9 Å². The molecule has 0 bridgehead atoms. The fourth-order valence-corrected chi connectivity index (χ4v) is 3.44. The van der Waals surface area contributed by atoms with E-state index in [1.165, 1.54) is 17.2 Å². The normalized spacial score (nSPS) is 10.6. The maximum Gasteiger partial charge on any atom is 0.175 e. The Morgan fingerprint density at radius 2 is 1.79 bits per heavy atom. The topological polar surface area (TPSA) is 30.5 Å². The summed E-state index contributed by atoms with van der Waals surface area (Å²) in [5.74, 6) is 0.870. The summed E-state index contributed by atoms with van der Waals surface area (Å²) in [5, 5.41) is 3.43. The van der Waals surface area contributed by atoms with Gasteiger partial charge in [0.2, 0.25) is 0 Å². The SMILES string of the molecule is COc1cc(CNc2ccc(C)c(C)c2)cc(Br)c1OCc1ccccc1F. The van der Waals surface area contributed by atoms with E-state index >= 15 is 0 Å². The Kier molecular flexibility index (Phi) is 6.57. The van der Waals surface area contributed by atoms with Crippen LogP contribution in [0, 0.1) is 19.7 Å². The van der Waals surface area contributed by atoms with Gasteiger partial charge in [0.1, 0.15) is 12.4 Å². The molecule has 0 fully saturated rings. The van der Waals surface area contributed by atoms with Crippen molar-refractivity contribution in [3.8, 4) is 11.5 Å². The Labute approximate surface area is 173 Å². The number of ether oxygens (including phenoxy) is 2. The molecule has 1 N–H and O–H groups in total. The van der Waals surface area contributed by atoms with Crippen LogP contribution in [0.15, 0.2) is 59.1 Å². The number of benzene rings is 3. The fourth-order valence-electron chi connectivity index (χ4n) is 2.84. The molecule has 28 heavy (non-hydrogen) atoms. The van der Waals surface area contributed by atoms with Crippen LogP contribution in [0.2, 0.25) is 0 Å². The first-order valence-corrected chi connectivity index (χ1v) is 9.81. The molecule has 0 aromatic heterocycles. The summed E-state index contributed by atoms with van der Waals surface area (Å²) in [6, 6.07) is 16.8. The van der Waals surface area contributed by atoms with Crippen LogP contribution in [0.3, 0.4) is 0 Å². The van der Waals surface area contributed by atoms with E-state index in [2.05, 4.69) is 53.3 Å². The number of rotatable bonds is 7. The number of hydrogen-bond acceptors (Lipinski definition) is 3. The Morgan fingerprint density at radius 3 is 2.50 bits per heavy atom. The molecule has 3 aromatic carbocycles. The van der Waals surface area contributed by atoms with Crippen LogP contribution < -0.4 is 14.8 Å². The summed E-state index contributed by atoms with van der Waals surface area (Å²) in [5.41, 5.74) is 5.13. The summed E-state index contributed by atoms with van der Waals surface area (Å²) in [6.45, 7) is 4.97. The lowest BCUT2D eigenvalue weighted by Gasteiger charge is -2.15. The standard InChI is InChI=1S/C23H23BrFNO2/c1-15-8-9-19(10-16(15)2)26-13-17-11-20(24)23(22(12-17)27-3)28-14-18-6-4-5-7-21(18)25/h4-12,26H,13-14H2,1-3H3. The van der Waals surface area contributed by atoms with Gasteiger partial charge >= 0.3 is 0 Å². The van der Waals surface area contributed by atoms with Gasteiger partial charge in [-0.05, 0) is 76.8 Å². The van der Waals surface area contributed by atoms with E-state index < -0.39 is 0 Å². The van der Waals surface area contributed by atoms with Crippen LogP contribution in [0.4, 0.5) is 10.1 Å². The summed E-state index contributed by atoms with van der Waals surface area (Å²) in [7, 11) is 1.60. The highest BCUT2D eigenvalue weighted by Gasteiger charge is 2.13. The minimum atomic E-state index is -0.285. The Bertz CT molecular complexity index is 975. The number of halogens is 2. The van der Waals surface area contributed by atoms with Crippen molar-refractivity contribution in [3.05, 3.63) is 87.1 Å². The van der Waals surface area contributed by atoms with Crippen molar-refractivity contribution < 1.29 is 13.9 Å². The monoisotopic (exact) mass is 443 g/mol. The van der Waals surface area contributed by atoms with Crippen LogP contribution in [-0.2, 0) is 13.2 Å². The second-order valence-electron chi connectivity index (χ2n) is 6.64. The minimum Gasteiger partial charge on any atom is -0.493 e. The van der Waals surface area contributed by atoms with E-state index in [0.717, 1.165) is 15.7 Å². The molecule has 3 nitrogen and oxygen atoms in total. The Morgan fingerprint density at radius 1 is 1.00 bits per heavy atom. The number of methoxy groups -OCH3 is 1. The van der Waals surface area contributed by atoms with E-state index in [0.29, 0.717) is 23.6 Å². The smallest absolute Gasteiger partial charge is 0.175 e. The summed E-state index contributed by atoms with van der Waals surface area (Å²) < 4.78 is 25.9. The predicted molar refractivity (Wildman–Crippen MR) is 115 cm³/mol. The lowest BCUT2D eigenvalue weighted by atomic mass is 10.1. The molecule has 3 rings (SSSR count). The molecular weight excluding hydrogens is 421 g/mol. The number of hydrogen-bond donors (Lipinski definition) is 1. The van der Waals surface area contributed by atoms with Crippen molar-refractivity contribution in [3.63, 3.8) is 0 Å². The largest absolute Gasteiger partial charge is 0.493 e. The average molecular weight is 444 g/mol. The van der Waals surface area contributed by atoms with Gasteiger partial charge in [0.25, 0.3) is 0 Å². The van der Waals surface area contributed by atoms with Crippen LogP contribution in [0.1, 0.15) is 22.3 Å². The van der Waals surface area contributed by atoms with Gasteiger partial charge < -0.3 is 14.8 Å². The van der Waals surface area contributed by atoms with Gasteiger partial charge in [0, 0.05) is 17.8 Å². The molecule has 0 amide bonds. The van der Waals surface area contributed by atoms with E-state index in [1.54, 1.807) is 25.3 Å². The second kappa shape index (κ2) is 9.11. The minimum absolute atomic E-state index is 0.127. The third kappa shape index (κ3) is 4.84. The Balaban J connectivity index is 1.73. The van der Waals surface area contributed by atoms with Gasteiger partial charge in [0.05, 0.1) is 11.6 Å². The first-order chi connectivity index (χ1) is 13.5. The van der Waals surface area contributed by atoms with Gasteiger partial charge in [0.15, 0.2) is 11.5 Å². The predicted octanol–water partition coefficient (Wildman–Crippen LogP) is 6.40. The molecule has 0 unspecified atom stereocenters. The summed E-state index contributed by atoms with van der Waals surface area (Å²) in [4.78, 5) is 0. The molecule has 0 spiro atoms. The van der Waals surface area contributed by atoms with Crippen LogP contribution in [-0.4, -0.2) is 7.11 Å². The Hall–Kier alpha value is -2.53. The van der Waals surface area contributed by atoms with Crippen molar-refractivity contribution >= 4 is 21.6 Å². The van der Waals surface area contributed by atoms with Gasteiger partial charge in [-0.2, -0.15) is 0 Å². The highest BCUT2D eigenvalue weighted by molar-refractivity contribution is 9.10. The summed E-state index contributed by atoms with van der Waals surface area (Å²) >= 11 is 3.55. The highest BCUT2D eigenvalue weighted by Crippen LogP contribution is 2.37. The van der Waals surface area contributed by atoms with Crippen molar-refractivity contribution in [2.24, 2.45) is 0 Å². The van der Waals surface area contributed by atoms with Crippen molar-refractivity contribution in [1.29, 1.82) is 0 Å². The lowest BCUT2D eigenvalue weighted by Crippen LogP contribution is -2.03. The molecule has 0 aliphatic carbocycles. The first-order valence-electron chi connectivity index (χ1n) is 9.01. The van der Waals surface area contributed by atoms with E-state index in [-0.39, 0.29) is 12.4 Å². The number of nitrogens with one attached hydrogen (secondary N) is 1. The van der Waals surface area contributed by atoms with Gasteiger partial charge in [-0.25, -0.2) is 4.39 Å². The molecule has 3 aromatic rings. The zero-order valence-corrected chi connectivity index (χ0v) is 17.8. The zero-order chi connectivity index (χ0) is 20.1. The molecule has 0 saturated carbocycles. The maximum atomic E-state index is 13.8. The molecular formula is C23H23BrFNO2.